The van der Waals surface area contributed by atoms with Crippen LogP contribution in [0.15, 0.2) is 42.5 Å². The van der Waals surface area contributed by atoms with Gasteiger partial charge in [0.1, 0.15) is 13.2 Å². The van der Waals surface area contributed by atoms with Crippen molar-refractivity contribution < 1.29 is 19.1 Å². The lowest BCUT2D eigenvalue weighted by atomic mass is 10.1. The standard InChI is InChI=1S/C21H24N2O4/c1-15-4-3-5-17(12-15)13-21(25)22-8-9-23(16(2)24)18-6-7-19-20(14-18)27-11-10-26-19/h3-7,12,14H,8-11,13H2,1-2H3,(H,22,25). The van der Waals surface area contributed by atoms with Crippen LogP contribution in [0, 0.1) is 6.92 Å². The minimum Gasteiger partial charge on any atom is -0.486 e. The Morgan fingerprint density at radius 3 is 2.59 bits per heavy atom. The Morgan fingerprint density at radius 1 is 1.07 bits per heavy atom. The number of fused-ring (bicyclic) bond motifs is 1. The SMILES string of the molecule is CC(=O)N(CCNC(=O)Cc1cccc(C)c1)c1ccc2c(c1)OCCO2. The molecular weight excluding hydrogens is 344 g/mol. The molecule has 2 aromatic rings. The molecular formula is C21H24N2O4. The Hall–Kier alpha value is -3.02. The van der Waals surface area contributed by atoms with Crippen molar-refractivity contribution in [2.45, 2.75) is 20.3 Å². The zero-order chi connectivity index (χ0) is 19.2. The van der Waals surface area contributed by atoms with Crippen molar-refractivity contribution in [3.8, 4) is 11.5 Å². The summed E-state index contributed by atoms with van der Waals surface area (Å²) < 4.78 is 11.1. The van der Waals surface area contributed by atoms with Crippen molar-refractivity contribution in [2.24, 2.45) is 0 Å². The number of carbonyl (C=O) groups is 2. The molecule has 0 saturated carbocycles. The second kappa shape index (κ2) is 8.58. The number of nitrogens with one attached hydrogen (secondary N) is 1. The molecule has 1 heterocycles. The van der Waals surface area contributed by atoms with E-state index in [0.717, 1.165) is 16.8 Å². The van der Waals surface area contributed by atoms with Crippen LogP contribution in [0.4, 0.5) is 5.69 Å². The molecule has 1 N–H and O–H groups in total. The van der Waals surface area contributed by atoms with Gasteiger partial charge in [0.05, 0.1) is 6.42 Å². The van der Waals surface area contributed by atoms with E-state index in [1.807, 2.05) is 37.3 Å². The number of benzene rings is 2. The maximum atomic E-state index is 12.2. The molecule has 2 amide bonds. The van der Waals surface area contributed by atoms with Gasteiger partial charge in [0.15, 0.2) is 11.5 Å². The highest BCUT2D eigenvalue weighted by molar-refractivity contribution is 5.92. The topological polar surface area (TPSA) is 67.9 Å². The quantitative estimate of drug-likeness (QED) is 0.851. The molecule has 6 nitrogen and oxygen atoms in total. The summed E-state index contributed by atoms with van der Waals surface area (Å²) in [7, 11) is 0. The molecule has 1 aliphatic rings. The van der Waals surface area contributed by atoms with Crippen LogP contribution < -0.4 is 19.7 Å². The van der Waals surface area contributed by atoms with E-state index in [1.54, 1.807) is 17.0 Å². The molecule has 0 aliphatic carbocycles. The summed E-state index contributed by atoms with van der Waals surface area (Å²) in [5.41, 5.74) is 2.82. The summed E-state index contributed by atoms with van der Waals surface area (Å²) in [4.78, 5) is 25.8. The molecule has 2 aromatic carbocycles. The molecule has 0 bridgehead atoms. The fourth-order valence-electron chi connectivity index (χ4n) is 3.05. The van der Waals surface area contributed by atoms with E-state index in [4.69, 9.17) is 9.47 Å². The number of nitrogens with zero attached hydrogens (tertiary/aromatic N) is 1. The van der Waals surface area contributed by atoms with Crippen LogP contribution in [0.25, 0.3) is 0 Å². The third kappa shape index (κ3) is 5.00. The minimum absolute atomic E-state index is 0.0636. The smallest absolute Gasteiger partial charge is 0.224 e. The van der Waals surface area contributed by atoms with Gasteiger partial charge in [-0.15, -0.1) is 0 Å². The average Bonchev–Trinajstić information content (AvgIpc) is 2.64. The van der Waals surface area contributed by atoms with Crippen molar-refractivity contribution in [3.05, 3.63) is 53.6 Å². The van der Waals surface area contributed by atoms with Gasteiger partial charge >= 0.3 is 0 Å². The normalized spacial score (nSPS) is 12.4. The van der Waals surface area contributed by atoms with Gasteiger partial charge in [-0.1, -0.05) is 29.8 Å². The number of ether oxygens (including phenoxy) is 2. The van der Waals surface area contributed by atoms with Gasteiger partial charge in [-0.05, 0) is 24.6 Å². The highest BCUT2D eigenvalue weighted by atomic mass is 16.6. The highest BCUT2D eigenvalue weighted by Gasteiger charge is 2.17. The summed E-state index contributed by atoms with van der Waals surface area (Å²) in [6.07, 6.45) is 0.325. The van der Waals surface area contributed by atoms with Gasteiger partial charge < -0.3 is 19.7 Å². The second-order valence-corrected chi connectivity index (χ2v) is 6.51. The Labute approximate surface area is 159 Å². The number of rotatable bonds is 6. The fourth-order valence-corrected chi connectivity index (χ4v) is 3.05. The Kier molecular flexibility index (Phi) is 5.96. The first-order valence-electron chi connectivity index (χ1n) is 9.03. The minimum atomic E-state index is -0.0976. The van der Waals surface area contributed by atoms with Crippen LogP contribution in [-0.4, -0.2) is 38.1 Å². The van der Waals surface area contributed by atoms with Gasteiger partial charge in [0.2, 0.25) is 11.8 Å². The lowest BCUT2D eigenvalue weighted by Crippen LogP contribution is -2.38. The van der Waals surface area contributed by atoms with Crippen LogP contribution in [0.3, 0.4) is 0 Å². The van der Waals surface area contributed by atoms with Crippen LogP contribution in [-0.2, 0) is 16.0 Å². The first kappa shape index (κ1) is 18.8. The molecule has 0 atom stereocenters. The zero-order valence-corrected chi connectivity index (χ0v) is 15.7. The first-order chi connectivity index (χ1) is 13.0. The molecule has 0 aromatic heterocycles. The molecule has 1 aliphatic heterocycles. The third-order valence-corrected chi connectivity index (χ3v) is 4.32. The summed E-state index contributed by atoms with van der Waals surface area (Å²) in [6.45, 7) is 5.28. The second-order valence-electron chi connectivity index (χ2n) is 6.51. The molecule has 0 radical (unpaired) electrons. The van der Waals surface area contributed by atoms with Gasteiger partial charge in [-0.3, -0.25) is 9.59 Å². The summed E-state index contributed by atoms with van der Waals surface area (Å²) >= 11 is 0. The molecule has 0 unspecified atom stereocenters. The van der Waals surface area contributed by atoms with Crippen molar-refractivity contribution in [3.63, 3.8) is 0 Å². The van der Waals surface area contributed by atoms with Crippen molar-refractivity contribution in [1.82, 2.24) is 5.32 Å². The lowest BCUT2D eigenvalue weighted by molar-refractivity contribution is -0.121. The summed E-state index contributed by atoms with van der Waals surface area (Å²) in [6, 6.07) is 13.3. The lowest BCUT2D eigenvalue weighted by Gasteiger charge is -2.24. The van der Waals surface area contributed by atoms with Crippen molar-refractivity contribution >= 4 is 17.5 Å². The Balaban J connectivity index is 1.57. The number of anilines is 1. The predicted molar refractivity (Wildman–Crippen MR) is 103 cm³/mol. The fraction of sp³-hybridized carbons (Fsp3) is 0.333. The number of carbonyl (C=O) groups excluding carboxylic acids is 2. The maximum Gasteiger partial charge on any atom is 0.224 e. The first-order valence-corrected chi connectivity index (χ1v) is 9.03. The number of aryl methyl sites for hydroxylation is 1. The molecule has 6 heteroatoms. The molecule has 0 fully saturated rings. The van der Waals surface area contributed by atoms with Gasteiger partial charge in [-0.2, -0.15) is 0 Å². The molecule has 0 spiro atoms. The van der Waals surface area contributed by atoms with Gasteiger partial charge in [0, 0.05) is 31.8 Å². The van der Waals surface area contributed by atoms with E-state index >= 15 is 0 Å². The van der Waals surface area contributed by atoms with Crippen molar-refractivity contribution in [1.29, 1.82) is 0 Å². The van der Waals surface area contributed by atoms with E-state index in [0.29, 0.717) is 44.2 Å². The van der Waals surface area contributed by atoms with Gasteiger partial charge in [-0.25, -0.2) is 0 Å². The largest absolute Gasteiger partial charge is 0.486 e. The number of hydrogen-bond donors (Lipinski definition) is 1. The zero-order valence-electron chi connectivity index (χ0n) is 15.7. The number of amides is 2. The van der Waals surface area contributed by atoms with Crippen LogP contribution >= 0.6 is 0 Å². The monoisotopic (exact) mass is 368 g/mol. The van der Waals surface area contributed by atoms with E-state index in [9.17, 15) is 9.59 Å². The van der Waals surface area contributed by atoms with E-state index in [-0.39, 0.29) is 11.8 Å². The Bertz CT molecular complexity index is 835. The molecule has 3 rings (SSSR count). The van der Waals surface area contributed by atoms with E-state index in [1.165, 1.54) is 6.92 Å². The molecule has 142 valence electrons. The maximum absolute atomic E-state index is 12.2. The molecule has 0 saturated heterocycles. The van der Waals surface area contributed by atoms with E-state index < -0.39 is 0 Å². The van der Waals surface area contributed by atoms with Crippen molar-refractivity contribution in [2.75, 3.05) is 31.2 Å². The predicted octanol–water partition coefficient (Wildman–Crippen LogP) is 2.48. The van der Waals surface area contributed by atoms with Gasteiger partial charge in [0.25, 0.3) is 0 Å². The molecule has 27 heavy (non-hydrogen) atoms. The van der Waals surface area contributed by atoms with Crippen LogP contribution in [0.2, 0.25) is 0 Å². The summed E-state index contributed by atoms with van der Waals surface area (Å²) in [5, 5.41) is 2.88. The Morgan fingerprint density at radius 2 is 1.85 bits per heavy atom. The highest BCUT2D eigenvalue weighted by Crippen LogP contribution is 2.33. The third-order valence-electron chi connectivity index (χ3n) is 4.32. The summed E-state index contributed by atoms with van der Waals surface area (Å²) in [5.74, 6) is 1.15. The average molecular weight is 368 g/mol. The van der Waals surface area contributed by atoms with E-state index in [2.05, 4.69) is 5.32 Å². The van der Waals surface area contributed by atoms with Crippen LogP contribution in [0.1, 0.15) is 18.1 Å². The van der Waals surface area contributed by atoms with Crippen LogP contribution in [0.5, 0.6) is 11.5 Å². The number of hydrogen-bond acceptors (Lipinski definition) is 4.